The molecule has 0 bridgehead atoms. The van der Waals surface area contributed by atoms with Crippen molar-refractivity contribution >= 4 is 17.4 Å². The van der Waals surface area contributed by atoms with E-state index in [-0.39, 0.29) is 11.7 Å². The molecule has 0 heterocycles. The van der Waals surface area contributed by atoms with E-state index >= 15 is 0 Å². The standard InChI is InChI=1S/C18H12N2O2/c1-3-13-7-14(11-19)9-17(8-13)20-18(22)16-6-4-5-15(10-16)12(2)21/h1,4-10H,2H3,(H,20,22). The zero-order chi connectivity index (χ0) is 16.1. The van der Waals surface area contributed by atoms with Crippen molar-refractivity contribution in [3.63, 3.8) is 0 Å². The first-order chi connectivity index (χ1) is 10.5. The summed E-state index contributed by atoms with van der Waals surface area (Å²) in [6, 6.07) is 13.1. The number of nitrogens with one attached hydrogen (secondary N) is 1. The Kier molecular flexibility index (Phi) is 4.36. The number of amides is 1. The number of hydrogen-bond acceptors (Lipinski definition) is 3. The van der Waals surface area contributed by atoms with Crippen molar-refractivity contribution in [1.82, 2.24) is 0 Å². The number of carbonyl (C=O) groups excluding carboxylic acids is 2. The number of carbonyl (C=O) groups is 2. The van der Waals surface area contributed by atoms with Crippen molar-refractivity contribution in [1.29, 1.82) is 5.26 Å². The smallest absolute Gasteiger partial charge is 0.255 e. The quantitative estimate of drug-likeness (QED) is 0.697. The zero-order valence-electron chi connectivity index (χ0n) is 11.9. The Bertz CT molecular complexity index is 807. The third-order valence-corrected chi connectivity index (χ3v) is 3.02. The molecular weight excluding hydrogens is 276 g/mol. The Balaban J connectivity index is 2.30. The summed E-state index contributed by atoms with van der Waals surface area (Å²) in [6.45, 7) is 1.44. The van der Waals surface area contributed by atoms with Crippen LogP contribution in [0.15, 0.2) is 42.5 Å². The highest BCUT2D eigenvalue weighted by atomic mass is 16.1. The number of nitriles is 1. The van der Waals surface area contributed by atoms with Gasteiger partial charge in [-0.15, -0.1) is 6.42 Å². The average molecular weight is 288 g/mol. The van der Waals surface area contributed by atoms with Crippen LogP contribution in [0.25, 0.3) is 0 Å². The Morgan fingerprint density at radius 1 is 1.09 bits per heavy atom. The highest BCUT2D eigenvalue weighted by Crippen LogP contribution is 2.16. The van der Waals surface area contributed by atoms with E-state index in [4.69, 9.17) is 11.7 Å². The van der Waals surface area contributed by atoms with Crippen molar-refractivity contribution < 1.29 is 9.59 Å². The summed E-state index contributed by atoms with van der Waals surface area (Å²) in [5, 5.41) is 11.6. The summed E-state index contributed by atoms with van der Waals surface area (Å²) in [5.41, 5.74) is 2.13. The van der Waals surface area contributed by atoms with Crippen molar-refractivity contribution in [2.45, 2.75) is 6.92 Å². The predicted molar refractivity (Wildman–Crippen MR) is 83.5 cm³/mol. The Labute approximate surface area is 128 Å². The maximum absolute atomic E-state index is 12.2. The van der Waals surface area contributed by atoms with Crippen LogP contribution < -0.4 is 5.32 Å². The molecule has 0 saturated carbocycles. The summed E-state index contributed by atoms with van der Waals surface area (Å²) in [5.74, 6) is 1.94. The second kappa shape index (κ2) is 6.39. The third-order valence-electron chi connectivity index (χ3n) is 3.02. The average Bonchev–Trinajstić information content (AvgIpc) is 2.54. The van der Waals surface area contributed by atoms with Gasteiger partial charge < -0.3 is 5.32 Å². The van der Waals surface area contributed by atoms with Crippen LogP contribution >= 0.6 is 0 Å². The summed E-state index contributed by atoms with van der Waals surface area (Å²) >= 11 is 0. The first-order valence-corrected chi connectivity index (χ1v) is 6.47. The maximum atomic E-state index is 12.2. The predicted octanol–water partition coefficient (Wildman–Crippen LogP) is 2.99. The van der Waals surface area contributed by atoms with E-state index in [1.54, 1.807) is 30.3 Å². The summed E-state index contributed by atoms with van der Waals surface area (Å²) in [6.07, 6.45) is 5.33. The van der Waals surface area contributed by atoms with Crippen LogP contribution in [0.2, 0.25) is 0 Å². The topological polar surface area (TPSA) is 70.0 Å². The maximum Gasteiger partial charge on any atom is 0.255 e. The van der Waals surface area contributed by atoms with Gasteiger partial charge in [-0.3, -0.25) is 9.59 Å². The first kappa shape index (κ1) is 15.0. The molecule has 4 nitrogen and oxygen atoms in total. The molecule has 0 unspecified atom stereocenters. The molecule has 0 aliphatic heterocycles. The number of anilines is 1. The van der Waals surface area contributed by atoms with E-state index in [1.165, 1.54) is 19.1 Å². The highest BCUT2D eigenvalue weighted by Gasteiger charge is 2.09. The summed E-state index contributed by atoms with van der Waals surface area (Å²) in [7, 11) is 0. The van der Waals surface area contributed by atoms with E-state index in [9.17, 15) is 9.59 Å². The number of nitrogens with zero attached hydrogens (tertiary/aromatic N) is 1. The fourth-order valence-corrected chi connectivity index (χ4v) is 1.93. The molecule has 1 N–H and O–H groups in total. The molecule has 0 aliphatic carbocycles. The number of benzene rings is 2. The molecule has 0 radical (unpaired) electrons. The molecule has 2 aromatic carbocycles. The van der Waals surface area contributed by atoms with Crippen molar-refractivity contribution in [2.75, 3.05) is 5.32 Å². The largest absolute Gasteiger partial charge is 0.322 e. The zero-order valence-corrected chi connectivity index (χ0v) is 11.9. The number of terminal acetylenes is 1. The number of rotatable bonds is 3. The fourth-order valence-electron chi connectivity index (χ4n) is 1.93. The Morgan fingerprint density at radius 3 is 2.41 bits per heavy atom. The van der Waals surface area contributed by atoms with Crippen LogP contribution in [0.3, 0.4) is 0 Å². The Hall–Kier alpha value is -3.37. The lowest BCUT2D eigenvalue weighted by atomic mass is 10.1. The van der Waals surface area contributed by atoms with Gasteiger partial charge >= 0.3 is 0 Å². The van der Waals surface area contributed by atoms with Crippen molar-refractivity contribution in [2.24, 2.45) is 0 Å². The molecule has 0 saturated heterocycles. The van der Waals surface area contributed by atoms with Gasteiger partial charge in [-0.2, -0.15) is 5.26 Å². The molecule has 0 atom stereocenters. The van der Waals surface area contributed by atoms with E-state index in [2.05, 4.69) is 11.2 Å². The number of Topliss-reactive ketones (excluding diaryl/α,β-unsaturated/α-hetero) is 1. The van der Waals surface area contributed by atoms with Gasteiger partial charge in [-0.1, -0.05) is 18.1 Å². The fraction of sp³-hybridized carbons (Fsp3) is 0.0556. The van der Waals surface area contributed by atoms with Crippen LogP contribution in [0.4, 0.5) is 5.69 Å². The van der Waals surface area contributed by atoms with Gasteiger partial charge in [0.1, 0.15) is 0 Å². The first-order valence-electron chi connectivity index (χ1n) is 6.47. The summed E-state index contributed by atoms with van der Waals surface area (Å²) in [4.78, 5) is 23.6. The van der Waals surface area contributed by atoms with Gasteiger partial charge in [-0.05, 0) is 37.3 Å². The molecule has 106 valence electrons. The van der Waals surface area contributed by atoms with Crippen LogP contribution in [0.1, 0.15) is 38.8 Å². The van der Waals surface area contributed by atoms with Crippen molar-refractivity contribution in [3.05, 3.63) is 64.7 Å². The van der Waals surface area contributed by atoms with Gasteiger partial charge in [0, 0.05) is 22.4 Å². The van der Waals surface area contributed by atoms with Gasteiger partial charge in [0.2, 0.25) is 0 Å². The Morgan fingerprint density at radius 2 is 1.77 bits per heavy atom. The van der Waals surface area contributed by atoms with Crippen LogP contribution in [-0.4, -0.2) is 11.7 Å². The van der Waals surface area contributed by atoms with Crippen molar-refractivity contribution in [3.8, 4) is 18.4 Å². The molecule has 0 spiro atoms. The molecule has 0 aromatic heterocycles. The van der Waals surface area contributed by atoms with E-state index in [0.717, 1.165) is 0 Å². The van der Waals surface area contributed by atoms with E-state index in [1.807, 2.05) is 6.07 Å². The molecule has 0 fully saturated rings. The molecule has 22 heavy (non-hydrogen) atoms. The van der Waals surface area contributed by atoms with Crippen LogP contribution in [0, 0.1) is 23.7 Å². The molecule has 2 aromatic rings. The third kappa shape index (κ3) is 3.39. The second-order valence-electron chi connectivity index (χ2n) is 4.65. The van der Waals surface area contributed by atoms with Gasteiger partial charge in [0.05, 0.1) is 11.6 Å². The SMILES string of the molecule is C#Cc1cc(C#N)cc(NC(=O)c2cccc(C(C)=O)c2)c1. The second-order valence-corrected chi connectivity index (χ2v) is 4.65. The minimum atomic E-state index is -0.374. The molecular formula is C18H12N2O2. The molecule has 0 aliphatic rings. The molecule has 2 rings (SSSR count). The van der Waals surface area contributed by atoms with E-state index in [0.29, 0.717) is 27.9 Å². The highest BCUT2D eigenvalue weighted by molar-refractivity contribution is 6.06. The monoisotopic (exact) mass is 288 g/mol. The summed E-state index contributed by atoms with van der Waals surface area (Å²) < 4.78 is 0. The molecule has 1 amide bonds. The minimum absolute atomic E-state index is 0.115. The van der Waals surface area contributed by atoms with Gasteiger partial charge in [0.15, 0.2) is 5.78 Å². The normalized spacial score (nSPS) is 9.41. The van der Waals surface area contributed by atoms with Crippen LogP contribution in [0.5, 0.6) is 0 Å². The van der Waals surface area contributed by atoms with Crippen LogP contribution in [-0.2, 0) is 0 Å². The molecule has 4 heteroatoms. The lowest BCUT2D eigenvalue weighted by Gasteiger charge is -2.07. The number of ketones is 1. The number of hydrogen-bond donors (Lipinski definition) is 1. The lowest BCUT2D eigenvalue weighted by molar-refractivity contribution is 0.101. The van der Waals surface area contributed by atoms with E-state index < -0.39 is 0 Å². The minimum Gasteiger partial charge on any atom is -0.322 e. The van der Waals surface area contributed by atoms with Gasteiger partial charge in [-0.25, -0.2) is 0 Å². The van der Waals surface area contributed by atoms with Gasteiger partial charge in [0.25, 0.3) is 5.91 Å². The lowest BCUT2D eigenvalue weighted by Crippen LogP contribution is -2.12.